The summed E-state index contributed by atoms with van der Waals surface area (Å²) < 4.78 is 12.3. The summed E-state index contributed by atoms with van der Waals surface area (Å²) in [5.74, 6) is 1.25. The van der Waals surface area contributed by atoms with E-state index in [4.69, 9.17) is 8.85 Å². The Morgan fingerprint density at radius 2 is 1.04 bits per heavy atom. The quantitative estimate of drug-likeness (QED) is 0.169. The largest absolute Gasteiger partial charge is 0.397 e. The van der Waals surface area contributed by atoms with Crippen LogP contribution in [0.1, 0.15) is 119 Å². The van der Waals surface area contributed by atoms with Crippen LogP contribution in [0.15, 0.2) is 0 Å². The fourth-order valence-electron chi connectivity index (χ4n) is 4.51. The van der Waals surface area contributed by atoms with Crippen LogP contribution in [0.2, 0.25) is 11.1 Å². The van der Waals surface area contributed by atoms with Crippen molar-refractivity contribution in [3.05, 3.63) is 0 Å². The maximum absolute atomic E-state index is 6.14. The van der Waals surface area contributed by atoms with Crippen molar-refractivity contribution in [2.75, 3.05) is 14.2 Å². The highest BCUT2D eigenvalue weighted by molar-refractivity contribution is 6.70. The van der Waals surface area contributed by atoms with E-state index >= 15 is 0 Å². The number of rotatable bonds is 18. The Hall–Kier alpha value is 0.137. The Bertz CT molecular complexity index is 337. The average molecular weight is 401 g/mol. The van der Waals surface area contributed by atoms with Gasteiger partial charge in [-0.1, -0.05) is 119 Å². The summed E-state index contributed by atoms with van der Waals surface area (Å²) in [7, 11) is 1.57. The molecule has 0 saturated carbocycles. The summed E-state index contributed by atoms with van der Waals surface area (Å²) in [6.45, 7) is 14.0. The first-order valence-electron chi connectivity index (χ1n) is 11.9. The molecule has 3 heteroatoms. The second-order valence-corrected chi connectivity index (χ2v) is 13.7. The summed E-state index contributed by atoms with van der Waals surface area (Å²) in [4.78, 5) is 0. The Labute approximate surface area is 173 Å². The molecular formula is C24H52O2Si. The van der Waals surface area contributed by atoms with E-state index in [2.05, 4.69) is 41.5 Å². The van der Waals surface area contributed by atoms with Gasteiger partial charge in [-0.2, -0.15) is 0 Å². The maximum atomic E-state index is 6.14. The third-order valence-electron chi connectivity index (χ3n) is 7.14. The van der Waals surface area contributed by atoms with Gasteiger partial charge in [-0.15, -0.1) is 0 Å². The maximum Gasteiger partial charge on any atom is 0.343 e. The molecule has 0 saturated heterocycles. The molecule has 0 aromatic carbocycles. The SMILES string of the molecule is CCCCCCCCCCCCCC[Si](OC)(OC)C(C)(C)C(C)C(C)C. The van der Waals surface area contributed by atoms with E-state index in [0.29, 0.717) is 11.8 Å². The van der Waals surface area contributed by atoms with Gasteiger partial charge in [-0.05, 0) is 17.9 Å². The monoisotopic (exact) mass is 400 g/mol. The number of unbranched alkanes of at least 4 members (excludes halogenated alkanes) is 11. The summed E-state index contributed by atoms with van der Waals surface area (Å²) in [6, 6.07) is 1.13. The molecule has 0 aliphatic carbocycles. The van der Waals surface area contributed by atoms with Crippen molar-refractivity contribution in [3.8, 4) is 0 Å². The molecule has 1 atom stereocenters. The predicted octanol–water partition coefficient (Wildman–Crippen LogP) is 8.49. The van der Waals surface area contributed by atoms with E-state index in [9.17, 15) is 0 Å². The molecule has 2 nitrogen and oxygen atoms in total. The Morgan fingerprint density at radius 3 is 1.37 bits per heavy atom. The third kappa shape index (κ3) is 9.45. The van der Waals surface area contributed by atoms with Gasteiger partial charge < -0.3 is 8.85 Å². The van der Waals surface area contributed by atoms with Gasteiger partial charge in [0.05, 0.1) is 0 Å². The summed E-state index contributed by atoms with van der Waals surface area (Å²) in [5.41, 5.74) is 0. The van der Waals surface area contributed by atoms with Gasteiger partial charge in [0, 0.05) is 19.3 Å². The normalized spacial score (nSPS) is 14.1. The molecule has 0 rings (SSSR count). The van der Waals surface area contributed by atoms with Gasteiger partial charge in [0.25, 0.3) is 0 Å². The van der Waals surface area contributed by atoms with E-state index in [0.717, 1.165) is 6.04 Å². The molecule has 0 heterocycles. The Kier molecular flexibility index (Phi) is 15.1. The predicted molar refractivity (Wildman–Crippen MR) is 124 cm³/mol. The first-order chi connectivity index (χ1) is 12.8. The van der Waals surface area contributed by atoms with Crippen LogP contribution < -0.4 is 0 Å². The lowest BCUT2D eigenvalue weighted by atomic mass is 9.86. The summed E-state index contributed by atoms with van der Waals surface area (Å²) in [6.07, 6.45) is 16.7. The lowest BCUT2D eigenvalue weighted by Gasteiger charge is -2.46. The van der Waals surface area contributed by atoms with Gasteiger partial charge in [0.1, 0.15) is 0 Å². The van der Waals surface area contributed by atoms with Gasteiger partial charge in [0.15, 0.2) is 0 Å². The standard InChI is InChI=1S/C24H52O2Si/c1-9-10-11-12-13-14-15-16-17-18-19-20-21-27(25-7,26-8)24(5,6)23(4)22(2)3/h22-23H,9-21H2,1-8H3. The van der Waals surface area contributed by atoms with Crippen molar-refractivity contribution in [3.63, 3.8) is 0 Å². The molecule has 0 bridgehead atoms. The summed E-state index contributed by atoms with van der Waals surface area (Å²) in [5, 5.41) is 0.127. The van der Waals surface area contributed by atoms with Crippen LogP contribution in [0, 0.1) is 11.8 Å². The van der Waals surface area contributed by atoms with E-state index in [1.165, 1.54) is 77.0 Å². The first kappa shape index (κ1) is 27.1. The molecule has 0 aromatic rings. The molecule has 0 spiro atoms. The van der Waals surface area contributed by atoms with Crippen molar-refractivity contribution >= 4 is 8.56 Å². The minimum Gasteiger partial charge on any atom is -0.397 e. The van der Waals surface area contributed by atoms with E-state index < -0.39 is 8.56 Å². The molecule has 164 valence electrons. The molecule has 0 fully saturated rings. The fraction of sp³-hybridized carbons (Fsp3) is 1.00. The molecular weight excluding hydrogens is 348 g/mol. The van der Waals surface area contributed by atoms with Crippen LogP contribution in [-0.2, 0) is 8.85 Å². The molecule has 0 radical (unpaired) electrons. The highest BCUT2D eigenvalue weighted by atomic mass is 28.4. The Morgan fingerprint density at radius 1 is 0.667 bits per heavy atom. The van der Waals surface area contributed by atoms with Crippen molar-refractivity contribution in [2.45, 2.75) is 130 Å². The van der Waals surface area contributed by atoms with Crippen LogP contribution in [-0.4, -0.2) is 22.8 Å². The highest BCUT2D eigenvalue weighted by Gasteiger charge is 2.53. The Balaban J connectivity index is 4.07. The second kappa shape index (κ2) is 15.0. The van der Waals surface area contributed by atoms with Gasteiger partial charge in [0.2, 0.25) is 0 Å². The van der Waals surface area contributed by atoms with Gasteiger partial charge in [-0.3, -0.25) is 0 Å². The topological polar surface area (TPSA) is 18.5 Å². The first-order valence-corrected chi connectivity index (χ1v) is 13.9. The minimum absolute atomic E-state index is 0.127. The summed E-state index contributed by atoms with van der Waals surface area (Å²) >= 11 is 0. The zero-order valence-electron chi connectivity index (χ0n) is 20.2. The van der Waals surface area contributed by atoms with Crippen LogP contribution >= 0.6 is 0 Å². The van der Waals surface area contributed by atoms with Crippen molar-refractivity contribution in [1.29, 1.82) is 0 Å². The highest BCUT2D eigenvalue weighted by Crippen LogP contribution is 2.50. The van der Waals surface area contributed by atoms with Crippen LogP contribution in [0.5, 0.6) is 0 Å². The van der Waals surface area contributed by atoms with Gasteiger partial charge >= 0.3 is 8.56 Å². The third-order valence-corrected chi connectivity index (χ3v) is 11.9. The lowest BCUT2D eigenvalue weighted by Crippen LogP contribution is -2.53. The molecule has 27 heavy (non-hydrogen) atoms. The van der Waals surface area contributed by atoms with Crippen LogP contribution in [0.25, 0.3) is 0 Å². The molecule has 0 amide bonds. The van der Waals surface area contributed by atoms with Crippen molar-refractivity contribution in [1.82, 2.24) is 0 Å². The number of hydrogen-bond acceptors (Lipinski definition) is 2. The fourth-order valence-corrected chi connectivity index (χ4v) is 8.53. The van der Waals surface area contributed by atoms with Crippen LogP contribution in [0.4, 0.5) is 0 Å². The zero-order chi connectivity index (χ0) is 20.8. The molecule has 0 aliphatic heterocycles. The zero-order valence-corrected chi connectivity index (χ0v) is 21.2. The van der Waals surface area contributed by atoms with Crippen molar-refractivity contribution in [2.24, 2.45) is 11.8 Å². The molecule has 1 unspecified atom stereocenters. The van der Waals surface area contributed by atoms with Crippen LogP contribution in [0.3, 0.4) is 0 Å². The lowest BCUT2D eigenvalue weighted by molar-refractivity contribution is 0.171. The second-order valence-electron chi connectivity index (χ2n) is 9.55. The molecule has 0 aliphatic rings. The van der Waals surface area contributed by atoms with E-state index in [1.54, 1.807) is 0 Å². The molecule has 0 N–H and O–H groups in total. The van der Waals surface area contributed by atoms with Gasteiger partial charge in [-0.25, -0.2) is 0 Å². The average Bonchev–Trinajstić information content (AvgIpc) is 2.65. The van der Waals surface area contributed by atoms with Crippen molar-refractivity contribution < 1.29 is 8.85 Å². The smallest absolute Gasteiger partial charge is 0.343 e. The van der Waals surface area contributed by atoms with E-state index in [-0.39, 0.29) is 5.04 Å². The minimum atomic E-state index is -2.19. The molecule has 0 aromatic heterocycles. The number of hydrogen-bond donors (Lipinski definition) is 0. The van der Waals surface area contributed by atoms with E-state index in [1.807, 2.05) is 14.2 Å².